The maximum absolute atomic E-state index is 10.7. The molecule has 1 fully saturated rings. The van der Waals surface area contributed by atoms with Crippen LogP contribution in [0.15, 0.2) is 0 Å². The third kappa shape index (κ3) is 6.00. The highest BCUT2D eigenvalue weighted by Gasteiger charge is 2.26. The van der Waals surface area contributed by atoms with Gasteiger partial charge in [0.15, 0.2) is 0 Å². The molecule has 0 aromatic carbocycles. The van der Waals surface area contributed by atoms with Gasteiger partial charge >= 0.3 is 0 Å². The van der Waals surface area contributed by atoms with E-state index in [4.69, 9.17) is 10.7 Å². The van der Waals surface area contributed by atoms with Crippen LogP contribution in [0.5, 0.6) is 0 Å². The van der Waals surface area contributed by atoms with Crippen LogP contribution < -0.4 is 0 Å². The van der Waals surface area contributed by atoms with Gasteiger partial charge in [0.05, 0.1) is 5.75 Å². The van der Waals surface area contributed by atoms with Crippen molar-refractivity contribution in [1.29, 1.82) is 0 Å². The zero-order valence-corrected chi connectivity index (χ0v) is 11.6. The maximum Gasteiger partial charge on any atom is 0.232 e. The van der Waals surface area contributed by atoms with Crippen LogP contribution in [0.1, 0.15) is 20.3 Å². The number of rotatable bonds is 4. The van der Waals surface area contributed by atoms with Crippen molar-refractivity contribution < 1.29 is 8.42 Å². The lowest BCUT2D eigenvalue weighted by molar-refractivity contribution is 0.261. The molecule has 0 unspecified atom stereocenters. The number of hydrogen-bond acceptors (Lipinski definition) is 4. The number of halogens is 1. The summed E-state index contributed by atoms with van der Waals surface area (Å²) in [5.74, 6) is 1.21. The zero-order valence-electron chi connectivity index (χ0n) is 9.20. The van der Waals surface area contributed by atoms with Crippen molar-refractivity contribution >= 4 is 31.5 Å². The van der Waals surface area contributed by atoms with E-state index in [1.807, 2.05) is 11.8 Å². The van der Waals surface area contributed by atoms with Gasteiger partial charge in [-0.25, -0.2) is 8.42 Å². The lowest BCUT2D eigenvalue weighted by atomic mass is 10.2. The first-order valence-electron chi connectivity index (χ1n) is 5.07. The topological polar surface area (TPSA) is 37.4 Å². The van der Waals surface area contributed by atoms with E-state index in [1.165, 1.54) is 0 Å². The predicted octanol–water partition coefficient (Wildman–Crippen LogP) is 1.77. The van der Waals surface area contributed by atoms with Crippen molar-refractivity contribution in [3.05, 3.63) is 0 Å². The van der Waals surface area contributed by atoms with Gasteiger partial charge in [-0.2, -0.15) is 11.8 Å². The second-order valence-electron chi connectivity index (χ2n) is 4.48. The molecule has 0 N–H and O–H groups in total. The van der Waals surface area contributed by atoms with E-state index in [0.717, 1.165) is 25.4 Å². The Morgan fingerprint density at radius 2 is 2.13 bits per heavy atom. The number of thioether (sulfide) groups is 1. The maximum atomic E-state index is 10.7. The highest BCUT2D eigenvalue weighted by atomic mass is 35.7. The van der Waals surface area contributed by atoms with Crippen molar-refractivity contribution in [1.82, 2.24) is 4.90 Å². The number of hydrogen-bond donors (Lipinski definition) is 0. The van der Waals surface area contributed by atoms with Gasteiger partial charge in [0.25, 0.3) is 0 Å². The minimum Gasteiger partial charge on any atom is -0.301 e. The first kappa shape index (κ1) is 13.6. The smallest absolute Gasteiger partial charge is 0.232 e. The molecule has 0 radical (unpaired) electrons. The minimum atomic E-state index is -3.31. The third-order valence-corrected chi connectivity index (χ3v) is 4.90. The van der Waals surface area contributed by atoms with Crippen LogP contribution in [0.3, 0.4) is 0 Å². The fourth-order valence-electron chi connectivity index (χ4n) is 1.77. The molecule has 0 aromatic rings. The van der Waals surface area contributed by atoms with E-state index in [1.54, 1.807) is 0 Å². The average Bonchev–Trinajstić information content (AvgIpc) is 1.99. The van der Waals surface area contributed by atoms with Crippen LogP contribution in [0.4, 0.5) is 0 Å². The molecule has 1 aliphatic rings. The lowest BCUT2D eigenvalue weighted by Crippen LogP contribution is -2.43. The molecule has 1 aliphatic heterocycles. The van der Waals surface area contributed by atoms with E-state index in [-0.39, 0.29) is 10.5 Å². The summed E-state index contributed by atoms with van der Waals surface area (Å²) in [4.78, 5) is 2.32. The Morgan fingerprint density at radius 3 is 2.67 bits per heavy atom. The molecule has 0 atom stereocenters. The van der Waals surface area contributed by atoms with E-state index in [9.17, 15) is 8.42 Å². The summed E-state index contributed by atoms with van der Waals surface area (Å²) in [6.45, 7) is 7.36. The van der Waals surface area contributed by atoms with Crippen LogP contribution in [-0.2, 0) is 9.05 Å². The molecule has 6 heteroatoms. The summed E-state index contributed by atoms with van der Waals surface area (Å²) < 4.78 is 21.8. The van der Waals surface area contributed by atoms with Gasteiger partial charge in [-0.1, -0.05) is 0 Å². The molecule has 1 saturated heterocycles. The Balaban J connectivity index is 2.28. The second kappa shape index (κ2) is 5.25. The second-order valence-corrected chi connectivity index (χ2v) is 9.18. The van der Waals surface area contributed by atoms with Gasteiger partial charge < -0.3 is 4.90 Å². The van der Waals surface area contributed by atoms with Crippen LogP contribution in [0.25, 0.3) is 0 Å². The Kier molecular flexibility index (Phi) is 4.77. The normalized spacial score (nSPS) is 22.9. The predicted molar refractivity (Wildman–Crippen MR) is 67.2 cm³/mol. The van der Waals surface area contributed by atoms with Crippen LogP contribution >= 0.6 is 22.4 Å². The number of nitrogens with zero attached hydrogens (tertiary/aromatic N) is 1. The van der Waals surface area contributed by atoms with E-state index in [0.29, 0.717) is 6.42 Å². The standard InChI is InChI=1S/C9H18ClNO2S2/c1-9(2)8-11(5-6-14-9)4-3-7-15(10,12)13/h3-8H2,1-2H3. The lowest BCUT2D eigenvalue weighted by Gasteiger charge is -2.37. The summed E-state index contributed by atoms with van der Waals surface area (Å²) >= 11 is 1.98. The molecular weight excluding hydrogens is 254 g/mol. The van der Waals surface area contributed by atoms with Gasteiger partial charge in [-0.05, 0) is 26.8 Å². The molecule has 0 amide bonds. The van der Waals surface area contributed by atoms with Crippen molar-refractivity contribution in [2.75, 3.05) is 31.1 Å². The third-order valence-electron chi connectivity index (χ3n) is 2.37. The molecule has 3 nitrogen and oxygen atoms in total. The van der Waals surface area contributed by atoms with Crippen molar-refractivity contribution in [2.24, 2.45) is 0 Å². The molecule has 1 rings (SSSR count). The van der Waals surface area contributed by atoms with Gasteiger partial charge in [-0.3, -0.25) is 0 Å². The molecule has 0 saturated carbocycles. The fraction of sp³-hybridized carbons (Fsp3) is 1.00. The largest absolute Gasteiger partial charge is 0.301 e. The van der Waals surface area contributed by atoms with Gasteiger partial charge in [0.1, 0.15) is 0 Å². The van der Waals surface area contributed by atoms with Gasteiger partial charge in [-0.15, -0.1) is 0 Å². The van der Waals surface area contributed by atoms with Gasteiger partial charge in [0.2, 0.25) is 9.05 Å². The molecule has 15 heavy (non-hydrogen) atoms. The fourth-order valence-corrected chi connectivity index (χ4v) is 3.74. The summed E-state index contributed by atoms with van der Waals surface area (Å²) in [5.41, 5.74) is 0. The first-order chi connectivity index (χ1) is 6.79. The molecule has 90 valence electrons. The van der Waals surface area contributed by atoms with Crippen LogP contribution in [0.2, 0.25) is 0 Å². The Labute approximate surface area is 101 Å². The zero-order chi connectivity index (χ0) is 11.5. The Hall–Kier alpha value is 0.550. The molecule has 0 spiro atoms. The van der Waals surface area contributed by atoms with Crippen molar-refractivity contribution in [3.63, 3.8) is 0 Å². The summed E-state index contributed by atoms with van der Waals surface area (Å²) in [6, 6.07) is 0. The highest BCUT2D eigenvalue weighted by molar-refractivity contribution is 8.13. The van der Waals surface area contributed by atoms with Gasteiger partial charge in [0, 0.05) is 34.3 Å². The Bertz CT molecular complexity index is 303. The van der Waals surface area contributed by atoms with Crippen LogP contribution in [0, 0.1) is 0 Å². The monoisotopic (exact) mass is 271 g/mol. The molecule has 0 aliphatic carbocycles. The molecular formula is C9H18ClNO2S2. The molecule has 0 aromatic heterocycles. The SMILES string of the molecule is CC1(C)CN(CCCS(=O)(=O)Cl)CCS1. The van der Waals surface area contributed by atoms with E-state index in [2.05, 4.69) is 18.7 Å². The van der Waals surface area contributed by atoms with E-state index >= 15 is 0 Å². The van der Waals surface area contributed by atoms with Crippen molar-refractivity contribution in [2.45, 2.75) is 25.0 Å². The minimum absolute atomic E-state index is 0.0820. The van der Waals surface area contributed by atoms with Crippen LogP contribution in [-0.4, -0.2) is 49.2 Å². The Morgan fingerprint density at radius 1 is 1.47 bits per heavy atom. The highest BCUT2D eigenvalue weighted by Crippen LogP contribution is 2.29. The van der Waals surface area contributed by atoms with Crippen molar-refractivity contribution in [3.8, 4) is 0 Å². The molecule has 1 heterocycles. The summed E-state index contributed by atoms with van der Waals surface area (Å²) in [6.07, 6.45) is 0.632. The first-order valence-corrected chi connectivity index (χ1v) is 8.54. The average molecular weight is 272 g/mol. The quantitative estimate of drug-likeness (QED) is 0.731. The molecule has 0 bridgehead atoms. The van der Waals surface area contributed by atoms with E-state index < -0.39 is 9.05 Å². The summed E-state index contributed by atoms with van der Waals surface area (Å²) in [7, 11) is 1.84. The summed E-state index contributed by atoms with van der Waals surface area (Å²) in [5, 5.41) is 0.